The van der Waals surface area contributed by atoms with Crippen LogP contribution in [0.15, 0.2) is 23.4 Å². The second-order valence-electron chi connectivity index (χ2n) is 6.70. The van der Waals surface area contributed by atoms with E-state index in [1.807, 2.05) is 12.1 Å². The lowest BCUT2D eigenvalue weighted by molar-refractivity contribution is 0.0337. The van der Waals surface area contributed by atoms with E-state index < -0.39 is 0 Å². The van der Waals surface area contributed by atoms with Gasteiger partial charge in [-0.25, -0.2) is 0 Å². The maximum atomic E-state index is 5.54. The quantitative estimate of drug-likeness (QED) is 0.758. The minimum absolute atomic E-state index is 0.236. The average Bonchev–Trinajstić information content (AvgIpc) is 3.11. The Labute approximate surface area is 150 Å². The van der Waals surface area contributed by atoms with Gasteiger partial charge in [0.25, 0.3) is 0 Å². The largest absolute Gasteiger partial charge is 0.497 e. The van der Waals surface area contributed by atoms with Crippen molar-refractivity contribution in [3.05, 3.63) is 23.8 Å². The van der Waals surface area contributed by atoms with Crippen LogP contribution < -0.4 is 9.47 Å². The summed E-state index contributed by atoms with van der Waals surface area (Å²) in [4.78, 5) is 10.5. The van der Waals surface area contributed by atoms with Gasteiger partial charge in [0.1, 0.15) is 17.6 Å². The molecule has 2 aliphatic heterocycles. The minimum atomic E-state index is 0.236. The Morgan fingerprint density at radius 2 is 1.88 bits per heavy atom. The van der Waals surface area contributed by atoms with Crippen LogP contribution in [0.4, 0.5) is 0 Å². The van der Waals surface area contributed by atoms with E-state index in [-0.39, 0.29) is 6.10 Å². The van der Waals surface area contributed by atoms with Crippen molar-refractivity contribution in [1.29, 1.82) is 0 Å². The molecular weight excluding hydrogens is 318 g/mol. The molecule has 1 aromatic rings. The molecule has 0 spiro atoms. The molecule has 0 aliphatic carbocycles. The molecular formula is C19H29N3O3. The lowest BCUT2D eigenvalue weighted by atomic mass is 10.1. The van der Waals surface area contributed by atoms with Gasteiger partial charge in [-0.15, -0.1) is 0 Å². The van der Waals surface area contributed by atoms with E-state index in [2.05, 4.69) is 27.9 Å². The summed E-state index contributed by atoms with van der Waals surface area (Å²) >= 11 is 0. The number of hydrogen-bond acceptors (Lipinski definition) is 6. The molecule has 1 unspecified atom stereocenters. The van der Waals surface area contributed by atoms with Crippen molar-refractivity contribution in [1.82, 2.24) is 9.80 Å². The van der Waals surface area contributed by atoms with Crippen molar-refractivity contribution < 1.29 is 14.3 Å². The number of rotatable bonds is 7. The molecule has 1 atom stereocenters. The molecule has 1 saturated heterocycles. The Morgan fingerprint density at radius 3 is 2.52 bits per heavy atom. The van der Waals surface area contributed by atoms with Gasteiger partial charge >= 0.3 is 0 Å². The summed E-state index contributed by atoms with van der Waals surface area (Å²) in [6, 6.07) is 5.99. The van der Waals surface area contributed by atoms with Gasteiger partial charge in [0.15, 0.2) is 0 Å². The zero-order valence-corrected chi connectivity index (χ0v) is 15.5. The molecule has 1 fully saturated rings. The highest BCUT2D eigenvalue weighted by atomic mass is 16.6. The molecule has 6 heteroatoms. The van der Waals surface area contributed by atoms with E-state index in [1.54, 1.807) is 14.2 Å². The van der Waals surface area contributed by atoms with Crippen molar-refractivity contribution in [3.8, 4) is 11.5 Å². The summed E-state index contributed by atoms with van der Waals surface area (Å²) in [7, 11) is 3.42. The van der Waals surface area contributed by atoms with E-state index in [0.29, 0.717) is 0 Å². The van der Waals surface area contributed by atoms with E-state index in [4.69, 9.17) is 14.3 Å². The topological polar surface area (TPSA) is 46.5 Å². The fraction of sp³-hybridized carbons (Fsp3) is 0.632. The molecule has 3 rings (SSSR count). The predicted octanol–water partition coefficient (Wildman–Crippen LogP) is 2.38. The fourth-order valence-corrected chi connectivity index (χ4v) is 3.46. The molecule has 0 saturated carbocycles. The second-order valence-corrected chi connectivity index (χ2v) is 6.70. The number of oxime groups is 1. The van der Waals surface area contributed by atoms with Crippen LogP contribution in [0.25, 0.3) is 0 Å². The van der Waals surface area contributed by atoms with Gasteiger partial charge < -0.3 is 14.3 Å². The Kier molecular flexibility index (Phi) is 6.15. The number of methoxy groups -OCH3 is 2. The zero-order chi connectivity index (χ0) is 17.6. The van der Waals surface area contributed by atoms with E-state index in [0.717, 1.165) is 63.6 Å². The minimum Gasteiger partial charge on any atom is -0.497 e. The maximum absolute atomic E-state index is 5.54. The van der Waals surface area contributed by atoms with Gasteiger partial charge in [-0.05, 0) is 24.6 Å². The Balaban J connectivity index is 1.48. The predicted molar refractivity (Wildman–Crippen MR) is 98.5 cm³/mol. The van der Waals surface area contributed by atoms with Crippen LogP contribution >= 0.6 is 0 Å². The van der Waals surface area contributed by atoms with Crippen LogP contribution in [-0.2, 0) is 11.4 Å². The van der Waals surface area contributed by atoms with Crippen LogP contribution in [0, 0.1) is 0 Å². The van der Waals surface area contributed by atoms with Crippen molar-refractivity contribution in [2.24, 2.45) is 5.16 Å². The highest BCUT2D eigenvalue weighted by Gasteiger charge is 2.25. The first-order valence-electron chi connectivity index (χ1n) is 9.09. The smallest absolute Gasteiger partial charge is 0.145 e. The van der Waals surface area contributed by atoms with Gasteiger partial charge in [0, 0.05) is 51.3 Å². The van der Waals surface area contributed by atoms with Gasteiger partial charge in [-0.3, -0.25) is 9.80 Å². The summed E-state index contributed by atoms with van der Waals surface area (Å²) in [5.74, 6) is 1.80. The van der Waals surface area contributed by atoms with Gasteiger partial charge in [-0.2, -0.15) is 0 Å². The first-order chi connectivity index (χ1) is 12.2. The molecule has 0 bridgehead atoms. The van der Waals surface area contributed by atoms with Crippen LogP contribution in [0.3, 0.4) is 0 Å². The molecule has 0 aromatic heterocycles. The number of piperazine rings is 1. The number of ether oxygens (including phenoxy) is 2. The fourth-order valence-electron chi connectivity index (χ4n) is 3.46. The third kappa shape index (κ3) is 4.64. The van der Waals surface area contributed by atoms with Crippen LogP contribution in [0.2, 0.25) is 0 Å². The van der Waals surface area contributed by atoms with Crippen molar-refractivity contribution in [2.45, 2.75) is 32.4 Å². The van der Waals surface area contributed by atoms with Gasteiger partial charge in [-0.1, -0.05) is 12.1 Å². The van der Waals surface area contributed by atoms with Crippen LogP contribution in [0.1, 0.15) is 25.3 Å². The molecule has 0 N–H and O–H groups in total. The molecule has 0 amide bonds. The summed E-state index contributed by atoms with van der Waals surface area (Å²) in [5, 5.41) is 4.16. The highest BCUT2D eigenvalue weighted by molar-refractivity contribution is 5.85. The second kappa shape index (κ2) is 8.54. The summed E-state index contributed by atoms with van der Waals surface area (Å²) in [5.41, 5.74) is 2.36. The monoisotopic (exact) mass is 347 g/mol. The van der Waals surface area contributed by atoms with E-state index in [1.165, 1.54) is 11.3 Å². The van der Waals surface area contributed by atoms with Gasteiger partial charge in [0.05, 0.1) is 19.9 Å². The molecule has 25 heavy (non-hydrogen) atoms. The SMILES string of the molecule is CCC1=NOC(CN2CCN(Cc3cc(OC)ccc3OC)CC2)C1. The third-order valence-corrected chi connectivity index (χ3v) is 5.01. The zero-order valence-electron chi connectivity index (χ0n) is 15.5. The molecule has 2 heterocycles. The first kappa shape index (κ1) is 18.0. The van der Waals surface area contributed by atoms with Crippen molar-refractivity contribution >= 4 is 5.71 Å². The maximum Gasteiger partial charge on any atom is 0.145 e. The Morgan fingerprint density at radius 1 is 1.12 bits per heavy atom. The summed E-state index contributed by atoms with van der Waals surface area (Å²) in [6.45, 7) is 8.22. The van der Waals surface area contributed by atoms with Crippen molar-refractivity contribution in [2.75, 3.05) is 46.9 Å². The normalized spacial score (nSPS) is 21.7. The molecule has 2 aliphatic rings. The molecule has 0 radical (unpaired) electrons. The number of hydrogen-bond donors (Lipinski definition) is 0. The van der Waals surface area contributed by atoms with Gasteiger partial charge in [0.2, 0.25) is 0 Å². The molecule has 138 valence electrons. The Hall–Kier alpha value is -1.79. The first-order valence-corrected chi connectivity index (χ1v) is 9.09. The number of benzene rings is 1. The average molecular weight is 347 g/mol. The number of nitrogens with zero attached hydrogens (tertiary/aromatic N) is 3. The lowest BCUT2D eigenvalue weighted by Crippen LogP contribution is -2.48. The van der Waals surface area contributed by atoms with Crippen LogP contribution in [-0.4, -0.2) is 68.6 Å². The molecule has 6 nitrogen and oxygen atoms in total. The summed E-state index contributed by atoms with van der Waals surface area (Å²) < 4.78 is 10.8. The third-order valence-electron chi connectivity index (χ3n) is 5.01. The molecule has 1 aromatic carbocycles. The van der Waals surface area contributed by atoms with E-state index in [9.17, 15) is 0 Å². The van der Waals surface area contributed by atoms with E-state index >= 15 is 0 Å². The Bertz CT molecular complexity index is 598. The standard InChI is InChI=1S/C19H29N3O3/c1-4-16-12-18(25-20-16)14-22-9-7-21(8-10-22)13-15-11-17(23-2)5-6-19(15)24-3/h5-6,11,18H,4,7-10,12-14H2,1-3H3. The van der Waals surface area contributed by atoms with Crippen LogP contribution in [0.5, 0.6) is 11.5 Å². The van der Waals surface area contributed by atoms with Crippen molar-refractivity contribution in [3.63, 3.8) is 0 Å². The highest BCUT2D eigenvalue weighted by Crippen LogP contribution is 2.25. The summed E-state index contributed by atoms with van der Waals surface area (Å²) in [6.07, 6.45) is 2.21. The lowest BCUT2D eigenvalue weighted by Gasteiger charge is -2.35.